The number of carboxylic acid groups (broad SMARTS) is 1. The Morgan fingerprint density at radius 3 is 2.56 bits per heavy atom. The van der Waals surface area contributed by atoms with E-state index >= 15 is 0 Å². The van der Waals surface area contributed by atoms with E-state index in [0.717, 1.165) is 4.90 Å². The fraction of sp³-hybridized carbons (Fsp3) is 0.600. The SMILES string of the molecule is C[C@@H]1C(=O)CN1C(=O)O. The highest BCUT2D eigenvalue weighted by molar-refractivity contribution is 5.96. The average molecular weight is 129 g/mol. The highest BCUT2D eigenvalue weighted by Crippen LogP contribution is 2.11. The Bertz CT molecular complexity index is 166. The Morgan fingerprint density at radius 2 is 2.44 bits per heavy atom. The maximum atomic E-state index is 10.4. The van der Waals surface area contributed by atoms with Gasteiger partial charge in [0.2, 0.25) is 0 Å². The highest BCUT2D eigenvalue weighted by atomic mass is 16.4. The molecule has 0 saturated carbocycles. The lowest BCUT2D eigenvalue weighted by molar-refractivity contribution is -0.133. The van der Waals surface area contributed by atoms with Crippen LogP contribution in [-0.2, 0) is 4.79 Å². The van der Waals surface area contributed by atoms with Gasteiger partial charge in [-0.2, -0.15) is 0 Å². The third-order valence-corrected chi connectivity index (χ3v) is 1.51. The lowest BCUT2D eigenvalue weighted by atomic mass is 10.1. The van der Waals surface area contributed by atoms with Crippen LogP contribution in [0.5, 0.6) is 0 Å². The third-order valence-electron chi connectivity index (χ3n) is 1.51. The summed E-state index contributed by atoms with van der Waals surface area (Å²) in [4.78, 5) is 21.7. The fourth-order valence-corrected chi connectivity index (χ4v) is 0.732. The first-order valence-corrected chi connectivity index (χ1v) is 2.65. The molecule has 1 amide bonds. The molecule has 0 bridgehead atoms. The van der Waals surface area contributed by atoms with Crippen LogP contribution in [0.25, 0.3) is 0 Å². The van der Waals surface area contributed by atoms with Crippen LogP contribution in [0.3, 0.4) is 0 Å². The topological polar surface area (TPSA) is 57.6 Å². The van der Waals surface area contributed by atoms with Crippen LogP contribution in [0.1, 0.15) is 6.92 Å². The molecule has 1 rings (SSSR count). The zero-order valence-corrected chi connectivity index (χ0v) is 5.00. The number of rotatable bonds is 0. The van der Waals surface area contributed by atoms with E-state index in [1.807, 2.05) is 0 Å². The van der Waals surface area contributed by atoms with Gasteiger partial charge in [-0.05, 0) is 6.92 Å². The van der Waals surface area contributed by atoms with Crippen molar-refractivity contribution in [3.8, 4) is 0 Å². The van der Waals surface area contributed by atoms with Gasteiger partial charge in [0, 0.05) is 0 Å². The van der Waals surface area contributed by atoms with Crippen molar-refractivity contribution >= 4 is 11.9 Å². The Kier molecular flexibility index (Phi) is 1.16. The van der Waals surface area contributed by atoms with Crippen LogP contribution in [0.4, 0.5) is 4.79 Å². The third kappa shape index (κ3) is 0.759. The second kappa shape index (κ2) is 1.72. The quantitative estimate of drug-likeness (QED) is 0.498. The van der Waals surface area contributed by atoms with Crippen molar-refractivity contribution in [3.63, 3.8) is 0 Å². The summed E-state index contributed by atoms with van der Waals surface area (Å²) in [6.07, 6.45) is -1.01. The van der Waals surface area contributed by atoms with Crippen molar-refractivity contribution in [2.24, 2.45) is 0 Å². The van der Waals surface area contributed by atoms with E-state index in [4.69, 9.17) is 5.11 Å². The fourth-order valence-electron chi connectivity index (χ4n) is 0.732. The molecule has 0 aromatic rings. The van der Waals surface area contributed by atoms with Crippen molar-refractivity contribution in [1.82, 2.24) is 4.90 Å². The van der Waals surface area contributed by atoms with Gasteiger partial charge < -0.3 is 5.11 Å². The summed E-state index contributed by atoms with van der Waals surface area (Å²) in [7, 11) is 0. The summed E-state index contributed by atoms with van der Waals surface area (Å²) >= 11 is 0. The summed E-state index contributed by atoms with van der Waals surface area (Å²) in [5, 5.41) is 8.30. The lowest BCUT2D eigenvalue weighted by Gasteiger charge is -2.33. The number of ketones is 1. The molecule has 1 saturated heterocycles. The molecule has 1 fully saturated rings. The number of amides is 1. The zero-order valence-electron chi connectivity index (χ0n) is 5.00. The molecule has 1 heterocycles. The van der Waals surface area contributed by atoms with Crippen molar-refractivity contribution in [3.05, 3.63) is 0 Å². The summed E-state index contributed by atoms with van der Waals surface area (Å²) in [6, 6.07) is -0.414. The molecule has 4 nitrogen and oxygen atoms in total. The average Bonchev–Trinajstić information content (AvgIpc) is 1.81. The van der Waals surface area contributed by atoms with Crippen LogP contribution in [0.15, 0.2) is 0 Å². The zero-order chi connectivity index (χ0) is 7.02. The number of hydrogen-bond donors (Lipinski definition) is 1. The first-order valence-electron chi connectivity index (χ1n) is 2.65. The summed E-state index contributed by atoms with van der Waals surface area (Å²) < 4.78 is 0. The predicted octanol–water partition coefficient (Wildman–Crippen LogP) is -0.0624. The second-order valence-corrected chi connectivity index (χ2v) is 2.05. The molecule has 0 spiro atoms. The maximum Gasteiger partial charge on any atom is 0.408 e. The van der Waals surface area contributed by atoms with Gasteiger partial charge in [0.05, 0.1) is 12.6 Å². The lowest BCUT2D eigenvalue weighted by Crippen LogP contribution is -2.57. The van der Waals surface area contributed by atoms with Crippen LogP contribution >= 0.6 is 0 Å². The van der Waals surface area contributed by atoms with Crippen LogP contribution in [0, 0.1) is 0 Å². The van der Waals surface area contributed by atoms with Gasteiger partial charge in [-0.15, -0.1) is 0 Å². The molecule has 50 valence electrons. The summed E-state index contributed by atoms with van der Waals surface area (Å²) in [5.41, 5.74) is 0. The van der Waals surface area contributed by atoms with Crippen LogP contribution in [0.2, 0.25) is 0 Å². The Morgan fingerprint density at radius 1 is 1.89 bits per heavy atom. The largest absolute Gasteiger partial charge is 0.465 e. The molecule has 1 atom stereocenters. The summed E-state index contributed by atoms with van der Waals surface area (Å²) in [6.45, 7) is 1.65. The van der Waals surface area contributed by atoms with Gasteiger partial charge in [-0.25, -0.2) is 4.79 Å². The summed E-state index contributed by atoms with van der Waals surface area (Å²) in [5.74, 6) is -0.00241. The molecule has 9 heavy (non-hydrogen) atoms. The number of likely N-dealkylation sites (tertiary alicyclic amines) is 1. The van der Waals surface area contributed by atoms with Crippen LogP contribution in [-0.4, -0.2) is 34.5 Å². The van der Waals surface area contributed by atoms with Gasteiger partial charge in [0.1, 0.15) is 0 Å². The van der Waals surface area contributed by atoms with Gasteiger partial charge in [0.15, 0.2) is 5.78 Å². The monoisotopic (exact) mass is 129 g/mol. The molecule has 0 radical (unpaired) electrons. The molecule has 0 unspecified atom stereocenters. The minimum Gasteiger partial charge on any atom is -0.465 e. The first-order chi connectivity index (χ1) is 4.13. The number of nitrogens with zero attached hydrogens (tertiary/aromatic N) is 1. The number of carbonyl (C=O) groups is 2. The van der Waals surface area contributed by atoms with Gasteiger partial charge in [-0.3, -0.25) is 9.69 Å². The minimum absolute atomic E-state index is 0.00241. The van der Waals surface area contributed by atoms with E-state index in [9.17, 15) is 9.59 Å². The van der Waals surface area contributed by atoms with Crippen molar-refractivity contribution in [2.45, 2.75) is 13.0 Å². The first kappa shape index (κ1) is 6.07. The molecule has 4 heteroatoms. The molecule has 1 aliphatic heterocycles. The van der Waals surface area contributed by atoms with E-state index < -0.39 is 12.1 Å². The Balaban J connectivity index is 2.51. The van der Waals surface area contributed by atoms with E-state index in [1.165, 1.54) is 0 Å². The highest BCUT2D eigenvalue weighted by Gasteiger charge is 2.36. The molecular formula is C5H7NO3. The maximum absolute atomic E-state index is 10.4. The molecule has 0 aliphatic carbocycles. The van der Waals surface area contributed by atoms with E-state index in [-0.39, 0.29) is 12.3 Å². The van der Waals surface area contributed by atoms with E-state index in [1.54, 1.807) is 6.92 Å². The predicted molar refractivity (Wildman–Crippen MR) is 29.2 cm³/mol. The molecule has 1 aliphatic rings. The van der Waals surface area contributed by atoms with Gasteiger partial charge in [-0.1, -0.05) is 0 Å². The minimum atomic E-state index is -1.01. The van der Waals surface area contributed by atoms with E-state index in [0.29, 0.717) is 0 Å². The number of hydrogen-bond acceptors (Lipinski definition) is 2. The molecule has 0 aromatic heterocycles. The van der Waals surface area contributed by atoms with E-state index in [2.05, 4.69) is 0 Å². The number of carbonyl (C=O) groups excluding carboxylic acids is 1. The van der Waals surface area contributed by atoms with Gasteiger partial charge >= 0.3 is 6.09 Å². The molecular weight excluding hydrogens is 122 g/mol. The van der Waals surface area contributed by atoms with Crippen molar-refractivity contribution in [2.75, 3.05) is 6.54 Å². The Labute approximate surface area is 52.1 Å². The molecule has 1 N–H and O–H groups in total. The van der Waals surface area contributed by atoms with Crippen molar-refractivity contribution in [1.29, 1.82) is 0 Å². The number of Topliss-reactive ketones (excluding diaryl/α,β-unsaturated/α-hetero) is 1. The smallest absolute Gasteiger partial charge is 0.408 e. The Hall–Kier alpha value is -1.06. The van der Waals surface area contributed by atoms with Crippen molar-refractivity contribution < 1.29 is 14.7 Å². The molecule has 0 aromatic carbocycles. The van der Waals surface area contributed by atoms with Gasteiger partial charge in [0.25, 0.3) is 0 Å². The normalized spacial score (nSPS) is 25.7. The second-order valence-electron chi connectivity index (χ2n) is 2.05. The van der Waals surface area contributed by atoms with Crippen LogP contribution < -0.4 is 0 Å². The standard InChI is InChI=1S/C5H7NO3/c1-3-4(7)2-6(3)5(8)9/h3H,2H2,1H3,(H,8,9)/t3-/m1/s1.